The summed E-state index contributed by atoms with van der Waals surface area (Å²) in [6.45, 7) is 11.4. The maximum absolute atomic E-state index is 6.14. The molecule has 0 heterocycles. The van der Waals surface area contributed by atoms with E-state index in [0.717, 1.165) is 6.54 Å². The minimum absolute atomic E-state index is 0.247. The molecule has 2 atom stereocenters. The zero-order chi connectivity index (χ0) is 13.1. The highest BCUT2D eigenvalue weighted by molar-refractivity contribution is 5.05. The molecule has 0 aromatic carbocycles. The van der Waals surface area contributed by atoms with E-state index < -0.39 is 0 Å². The molecule has 1 rings (SSSR count). The maximum Gasteiger partial charge on any atom is 0.0359 e. The summed E-state index contributed by atoms with van der Waals surface area (Å²) in [5.74, 6) is 0.717. The van der Waals surface area contributed by atoms with Crippen molar-refractivity contribution in [3.8, 4) is 0 Å². The highest BCUT2D eigenvalue weighted by atomic mass is 15.2. The lowest BCUT2D eigenvalue weighted by atomic mass is 9.85. The standard InChI is InChI=1S/C15H32N2/c1-6-7-8-9-17(5)15(12-16)11-14(3,4)10-13(15)2/h13H,6-12,16H2,1-5H3. The summed E-state index contributed by atoms with van der Waals surface area (Å²) >= 11 is 0. The molecular weight excluding hydrogens is 208 g/mol. The Bertz CT molecular complexity index is 237. The number of hydrogen-bond acceptors (Lipinski definition) is 2. The van der Waals surface area contributed by atoms with E-state index in [2.05, 4.69) is 39.6 Å². The van der Waals surface area contributed by atoms with Crippen molar-refractivity contribution < 1.29 is 0 Å². The summed E-state index contributed by atoms with van der Waals surface area (Å²) in [6.07, 6.45) is 6.50. The first-order chi connectivity index (χ1) is 7.88. The molecule has 1 saturated carbocycles. The average Bonchev–Trinajstić information content (AvgIpc) is 2.49. The van der Waals surface area contributed by atoms with Crippen LogP contribution in [-0.4, -0.2) is 30.6 Å². The lowest BCUT2D eigenvalue weighted by Gasteiger charge is -2.42. The van der Waals surface area contributed by atoms with Gasteiger partial charge in [-0.1, -0.05) is 40.5 Å². The Hall–Kier alpha value is -0.0800. The molecule has 0 amide bonds. The van der Waals surface area contributed by atoms with Crippen LogP contribution >= 0.6 is 0 Å². The summed E-state index contributed by atoms with van der Waals surface area (Å²) in [7, 11) is 2.28. The molecule has 0 radical (unpaired) electrons. The van der Waals surface area contributed by atoms with Gasteiger partial charge in [0.05, 0.1) is 0 Å². The van der Waals surface area contributed by atoms with Gasteiger partial charge in [-0.15, -0.1) is 0 Å². The first-order valence-corrected chi connectivity index (χ1v) is 7.29. The number of hydrogen-bond donors (Lipinski definition) is 1. The second kappa shape index (κ2) is 5.71. The smallest absolute Gasteiger partial charge is 0.0359 e. The zero-order valence-corrected chi connectivity index (χ0v) is 12.6. The van der Waals surface area contributed by atoms with Crippen LogP contribution in [-0.2, 0) is 0 Å². The van der Waals surface area contributed by atoms with Crippen LogP contribution in [0.3, 0.4) is 0 Å². The summed E-state index contributed by atoms with van der Waals surface area (Å²) in [6, 6.07) is 0. The predicted octanol–water partition coefficient (Wildman–Crippen LogP) is 3.26. The molecule has 0 aromatic rings. The van der Waals surface area contributed by atoms with Gasteiger partial charge in [-0.3, -0.25) is 4.90 Å². The molecule has 0 spiro atoms. The van der Waals surface area contributed by atoms with E-state index in [-0.39, 0.29) is 5.54 Å². The van der Waals surface area contributed by atoms with Crippen LogP contribution in [0.4, 0.5) is 0 Å². The van der Waals surface area contributed by atoms with Gasteiger partial charge in [-0.05, 0) is 44.2 Å². The fourth-order valence-corrected chi connectivity index (χ4v) is 3.86. The molecule has 1 aliphatic carbocycles. The minimum Gasteiger partial charge on any atom is -0.329 e. The fourth-order valence-electron chi connectivity index (χ4n) is 3.86. The summed E-state index contributed by atoms with van der Waals surface area (Å²) in [5, 5.41) is 0. The van der Waals surface area contributed by atoms with Crippen LogP contribution in [0, 0.1) is 11.3 Å². The molecule has 2 heteroatoms. The molecule has 2 nitrogen and oxygen atoms in total. The third-order valence-electron chi connectivity index (χ3n) is 4.77. The van der Waals surface area contributed by atoms with Crippen molar-refractivity contribution in [3.05, 3.63) is 0 Å². The van der Waals surface area contributed by atoms with Crippen LogP contribution in [0.2, 0.25) is 0 Å². The van der Waals surface area contributed by atoms with Gasteiger partial charge in [0.15, 0.2) is 0 Å². The molecule has 2 N–H and O–H groups in total. The van der Waals surface area contributed by atoms with Crippen LogP contribution in [0.5, 0.6) is 0 Å². The monoisotopic (exact) mass is 240 g/mol. The van der Waals surface area contributed by atoms with E-state index in [1.807, 2.05) is 0 Å². The summed E-state index contributed by atoms with van der Waals surface area (Å²) in [4.78, 5) is 2.56. The van der Waals surface area contributed by atoms with Crippen molar-refractivity contribution in [2.24, 2.45) is 17.1 Å². The minimum atomic E-state index is 0.247. The van der Waals surface area contributed by atoms with Crippen LogP contribution in [0.25, 0.3) is 0 Å². The number of unbranched alkanes of at least 4 members (excludes halogenated alkanes) is 2. The average molecular weight is 240 g/mol. The van der Waals surface area contributed by atoms with Gasteiger partial charge >= 0.3 is 0 Å². The van der Waals surface area contributed by atoms with Gasteiger partial charge in [0.2, 0.25) is 0 Å². The SMILES string of the molecule is CCCCCN(C)C1(CN)CC(C)(C)CC1C. The molecule has 2 unspecified atom stereocenters. The van der Waals surface area contributed by atoms with Gasteiger partial charge in [-0.2, -0.15) is 0 Å². The van der Waals surface area contributed by atoms with Crippen molar-refractivity contribution in [2.45, 2.75) is 65.3 Å². The van der Waals surface area contributed by atoms with Gasteiger partial charge in [0.1, 0.15) is 0 Å². The van der Waals surface area contributed by atoms with E-state index >= 15 is 0 Å². The predicted molar refractivity (Wildman–Crippen MR) is 76.1 cm³/mol. The van der Waals surface area contributed by atoms with Crippen molar-refractivity contribution in [3.63, 3.8) is 0 Å². The highest BCUT2D eigenvalue weighted by Gasteiger charge is 2.49. The van der Waals surface area contributed by atoms with E-state index in [1.165, 1.54) is 38.6 Å². The number of nitrogens with zero attached hydrogens (tertiary/aromatic N) is 1. The quantitative estimate of drug-likeness (QED) is 0.722. The van der Waals surface area contributed by atoms with Crippen molar-refractivity contribution in [1.29, 1.82) is 0 Å². The Kier molecular flexibility index (Phi) is 5.03. The maximum atomic E-state index is 6.14. The van der Waals surface area contributed by atoms with E-state index in [0.29, 0.717) is 11.3 Å². The molecule has 0 aromatic heterocycles. The second-order valence-corrected chi connectivity index (χ2v) is 6.88. The second-order valence-electron chi connectivity index (χ2n) is 6.88. The Morgan fingerprint density at radius 1 is 1.29 bits per heavy atom. The Labute approximate surface area is 108 Å². The Balaban J connectivity index is 2.68. The van der Waals surface area contributed by atoms with Gasteiger partial charge in [0, 0.05) is 12.1 Å². The Morgan fingerprint density at radius 2 is 1.94 bits per heavy atom. The molecule has 17 heavy (non-hydrogen) atoms. The van der Waals surface area contributed by atoms with E-state index in [4.69, 9.17) is 5.73 Å². The Morgan fingerprint density at radius 3 is 2.35 bits per heavy atom. The third-order valence-corrected chi connectivity index (χ3v) is 4.77. The molecule has 102 valence electrons. The van der Waals surface area contributed by atoms with Gasteiger partial charge in [-0.25, -0.2) is 0 Å². The molecule has 0 bridgehead atoms. The number of rotatable bonds is 6. The van der Waals surface area contributed by atoms with E-state index in [1.54, 1.807) is 0 Å². The van der Waals surface area contributed by atoms with Crippen molar-refractivity contribution in [1.82, 2.24) is 4.90 Å². The first kappa shape index (κ1) is 15.0. The van der Waals surface area contributed by atoms with Crippen LogP contribution in [0.15, 0.2) is 0 Å². The van der Waals surface area contributed by atoms with Crippen molar-refractivity contribution >= 4 is 0 Å². The fraction of sp³-hybridized carbons (Fsp3) is 1.00. The number of likely N-dealkylation sites (N-methyl/N-ethyl adjacent to an activating group) is 1. The molecule has 0 saturated heterocycles. The zero-order valence-electron chi connectivity index (χ0n) is 12.6. The van der Waals surface area contributed by atoms with Gasteiger partial charge in [0.25, 0.3) is 0 Å². The molecular formula is C15H32N2. The lowest BCUT2D eigenvalue weighted by molar-refractivity contribution is 0.0840. The summed E-state index contributed by atoms with van der Waals surface area (Å²) < 4.78 is 0. The van der Waals surface area contributed by atoms with E-state index in [9.17, 15) is 0 Å². The molecule has 0 aliphatic heterocycles. The number of nitrogens with two attached hydrogens (primary N) is 1. The topological polar surface area (TPSA) is 29.3 Å². The third kappa shape index (κ3) is 3.23. The summed E-state index contributed by atoms with van der Waals surface area (Å²) in [5.41, 5.74) is 6.85. The largest absolute Gasteiger partial charge is 0.329 e. The first-order valence-electron chi connectivity index (χ1n) is 7.29. The molecule has 1 aliphatic rings. The van der Waals surface area contributed by atoms with Crippen molar-refractivity contribution in [2.75, 3.05) is 20.1 Å². The normalized spacial score (nSPS) is 32.3. The highest BCUT2D eigenvalue weighted by Crippen LogP contribution is 2.49. The molecule has 1 fully saturated rings. The lowest BCUT2D eigenvalue weighted by Crippen LogP contribution is -2.54. The van der Waals surface area contributed by atoms with Crippen LogP contribution < -0.4 is 5.73 Å². The van der Waals surface area contributed by atoms with Gasteiger partial charge < -0.3 is 5.73 Å². The van der Waals surface area contributed by atoms with Crippen LogP contribution in [0.1, 0.15) is 59.8 Å².